The minimum absolute atomic E-state index is 1.06. The molecule has 0 aliphatic rings. The topological polar surface area (TPSA) is 17.8 Å². The second kappa shape index (κ2) is 5.30. The highest BCUT2D eigenvalue weighted by atomic mass is 127. The van der Waals surface area contributed by atoms with Crippen molar-refractivity contribution in [3.05, 3.63) is 42.9 Å². The third-order valence-electron chi connectivity index (χ3n) is 2.25. The number of alkyl halides is 1. The van der Waals surface area contributed by atoms with E-state index >= 15 is 0 Å². The summed E-state index contributed by atoms with van der Waals surface area (Å²) in [6.45, 7) is 1.06. The molecular weight excluding hydrogens is 299 g/mol. The number of nitrogens with zero attached hydrogens (tertiary/aromatic N) is 2. The lowest BCUT2D eigenvalue weighted by molar-refractivity contribution is 0.688. The highest BCUT2D eigenvalue weighted by molar-refractivity contribution is 14.1. The molecule has 0 aliphatic carbocycles. The number of benzene rings is 1. The molecule has 0 atom stereocenters. The van der Waals surface area contributed by atoms with Crippen LogP contribution in [0.5, 0.6) is 0 Å². The highest BCUT2D eigenvalue weighted by Gasteiger charge is 2.00. The molecule has 2 aromatic rings. The standard InChI is InChI=1S/C12H13IN2/c13-7-4-8-15-9-12(14-10-15)11-5-2-1-3-6-11/h1-3,5-6,9-10H,4,7-8H2. The summed E-state index contributed by atoms with van der Waals surface area (Å²) < 4.78 is 3.34. The monoisotopic (exact) mass is 312 g/mol. The minimum Gasteiger partial charge on any atom is -0.337 e. The molecule has 0 saturated carbocycles. The fourth-order valence-corrected chi connectivity index (χ4v) is 1.82. The second-order valence-corrected chi connectivity index (χ2v) is 4.48. The van der Waals surface area contributed by atoms with Crippen molar-refractivity contribution < 1.29 is 0 Å². The molecule has 2 nitrogen and oxygen atoms in total. The Morgan fingerprint density at radius 2 is 2.00 bits per heavy atom. The smallest absolute Gasteiger partial charge is 0.0953 e. The first-order chi connectivity index (χ1) is 7.40. The number of imidazole rings is 1. The van der Waals surface area contributed by atoms with Gasteiger partial charge in [0, 0.05) is 22.7 Å². The fourth-order valence-electron chi connectivity index (χ4n) is 1.48. The molecule has 1 aromatic carbocycles. The Labute approximate surface area is 103 Å². The fraction of sp³-hybridized carbons (Fsp3) is 0.250. The lowest BCUT2D eigenvalue weighted by Crippen LogP contribution is -1.93. The molecule has 0 N–H and O–H groups in total. The number of hydrogen-bond acceptors (Lipinski definition) is 1. The quantitative estimate of drug-likeness (QED) is 0.625. The third-order valence-corrected chi connectivity index (χ3v) is 3.02. The van der Waals surface area contributed by atoms with Gasteiger partial charge in [0.15, 0.2) is 0 Å². The summed E-state index contributed by atoms with van der Waals surface area (Å²) in [5, 5.41) is 0. The maximum absolute atomic E-state index is 4.40. The van der Waals surface area contributed by atoms with Crippen molar-refractivity contribution in [2.24, 2.45) is 0 Å². The number of hydrogen-bond donors (Lipinski definition) is 0. The van der Waals surface area contributed by atoms with Gasteiger partial charge >= 0.3 is 0 Å². The van der Waals surface area contributed by atoms with Crippen molar-refractivity contribution in [3.63, 3.8) is 0 Å². The van der Waals surface area contributed by atoms with Crippen molar-refractivity contribution in [1.82, 2.24) is 9.55 Å². The zero-order valence-electron chi connectivity index (χ0n) is 8.44. The Balaban J connectivity index is 2.14. The Bertz CT molecular complexity index is 409. The summed E-state index contributed by atoms with van der Waals surface area (Å²) in [5.41, 5.74) is 2.25. The molecule has 78 valence electrons. The summed E-state index contributed by atoms with van der Waals surface area (Å²) in [6, 6.07) is 10.3. The van der Waals surface area contributed by atoms with E-state index in [1.165, 1.54) is 16.4 Å². The SMILES string of the molecule is ICCCn1cnc(-c2ccccc2)c1. The number of rotatable bonds is 4. The first-order valence-electron chi connectivity index (χ1n) is 5.03. The predicted octanol–water partition coefficient (Wildman–Crippen LogP) is 3.38. The molecule has 0 radical (unpaired) electrons. The molecule has 15 heavy (non-hydrogen) atoms. The van der Waals surface area contributed by atoms with Crippen molar-refractivity contribution >= 4 is 22.6 Å². The first kappa shape index (κ1) is 10.7. The maximum atomic E-state index is 4.40. The molecule has 0 aliphatic heterocycles. The molecule has 0 amide bonds. The average molecular weight is 312 g/mol. The summed E-state index contributed by atoms with van der Waals surface area (Å²) >= 11 is 2.40. The van der Waals surface area contributed by atoms with Crippen LogP contribution >= 0.6 is 22.6 Å². The summed E-state index contributed by atoms with van der Waals surface area (Å²) in [4.78, 5) is 4.40. The molecule has 2 rings (SSSR count). The molecular formula is C12H13IN2. The van der Waals surface area contributed by atoms with E-state index in [1.807, 2.05) is 24.5 Å². The van der Waals surface area contributed by atoms with E-state index in [0.29, 0.717) is 0 Å². The molecule has 0 bridgehead atoms. The van der Waals surface area contributed by atoms with Crippen molar-refractivity contribution in [2.75, 3.05) is 4.43 Å². The van der Waals surface area contributed by atoms with E-state index in [9.17, 15) is 0 Å². The van der Waals surface area contributed by atoms with Gasteiger partial charge in [-0.3, -0.25) is 0 Å². The van der Waals surface area contributed by atoms with Gasteiger partial charge in [0.1, 0.15) is 0 Å². The summed E-state index contributed by atoms with van der Waals surface area (Å²) in [6.07, 6.45) is 5.22. The molecule has 0 spiro atoms. The van der Waals surface area contributed by atoms with Crippen molar-refractivity contribution in [3.8, 4) is 11.3 Å². The minimum atomic E-state index is 1.06. The number of aryl methyl sites for hydroxylation is 1. The van der Waals surface area contributed by atoms with Crippen LogP contribution in [-0.2, 0) is 6.54 Å². The number of halogens is 1. The van der Waals surface area contributed by atoms with E-state index < -0.39 is 0 Å². The zero-order valence-corrected chi connectivity index (χ0v) is 10.6. The van der Waals surface area contributed by atoms with Gasteiger partial charge in [-0.25, -0.2) is 4.98 Å². The van der Waals surface area contributed by atoms with E-state index in [4.69, 9.17) is 0 Å². The first-order valence-corrected chi connectivity index (χ1v) is 6.56. The maximum Gasteiger partial charge on any atom is 0.0953 e. The molecule has 1 aromatic heterocycles. The average Bonchev–Trinajstić information content (AvgIpc) is 2.76. The second-order valence-electron chi connectivity index (χ2n) is 3.41. The molecule has 0 fully saturated rings. The molecule has 3 heteroatoms. The largest absolute Gasteiger partial charge is 0.337 e. The van der Waals surface area contributed by atoms with Gasteiger partial charge in [-0.1, -0.05) is 52.9 Å². The van der Waals surface area contributed by atoms with E-state index in [1.54, 1.807) is 0 Å². The number of aromatic nitrogens is 2. The van der Waals surface area contributed by atoms with Crippen LogP contribution in [0.1, 0.15) is 6.42 Å². The Morgan fingerprint density at radius 3 is 2.73 bits per heavy atom. The molecule has 1 heterocycles. The van der Waals surface area contributed by atoms with Gasteiger partial charge in [0.05, 0.1) is 12.0 Å². The van der Waals surface area contributed by atoms with E-state index in [-0.39, 0.29) is 0 Å². The zero-order chi connectivity index (χ0) is 10.5. The Morgan fingerprint density at radius 1 is 1.20 bits per heavy atom. The van der Waals surface area contributed by atoms with Crippen LogP contribution in [0.4, 0.5) is 0 Å². The van der Waals surface area contributed by atoms with Gasteiger partial charge in [-0.05, 0) is 6.42 Å². The Kier molecular flexibility index (Phi) is 3.77. The van der Waals surface area contributed by atoms with Gasteiger partial charge < -0.3 is 4.57 Å². The third kappa shape index (κ3) is 2.81. The van der Waals surface area contributed by atoms with Crippen LogP contribution in [0.3, 0.4) is 0 Å². The van der Waals surface area contributed by atoms with E-state index in [2.05, 4.69) is 50.5 Å². The molecule has 0 saturated heterocycles. The van der Waals surface area contributed by atoms with Crippen LogP contribution in [0.2, 0.25) is 0 Å². The normalized spacial score (nSPS) is 10.5. The van der Waals surface area contributed by atoms with Gasteiger partial charge in [-0.15, -0.1) is 0 Å². The molecule has 0 unspecified atom stereocenters. The Hall–Kier alpha value is -0.840. The van der Waals surface area contributed by atoms with Crippen molar-refractivity contribution in [1.29, 1.82) is 0 Å². The predicted molar refractivity (Wildman–Crippen MR) is 71.2 cm³/mol. The van der Waals surface area contributed by atoms with Gasteiger partial charge in [0.2, 0.25) is 0 Å². The summed E-state index contributed by atoms with van der Waals surface area (Å²) in [7, 11) is 0. The van der Waals surface area contributed by atoms with Gasteiger partial charge in [-0.2, -0.15) is 0 Å². The van der Waals surface area contributed by atoms with Crippen LogP contribution in [0.15, 0.2) is 42.9 Å². The van der Waals surface area contributed by atoms with Crippen LogP contribution < -0.4 is 0 Å². The van der Waals surface area contributed by atoms with Crippen molar-refractivity contribution in [2.45, 2.75) is 13.0 Å². The summed E-state index contributed by atoms with van der Waals surface area (Å²) in [5.74, 6) is 0. The van der Waals surface area contributed by atoms with Gasteiger partial charge in [0.25, 0.3) is 0 Å². The van der Waals surface area contributed by atoms with Crippen LogP contribution in [0.25, 0.3) is 11.3 Å². The van der Waals surface area contributed by atoms with Crippen LogP contribution in [0, 0.1) is 0 Å². The lowest BCUT2D eigenvalue weighted by Gasteiger charge is -1.97. The lowest BCUT2D eigenvalue weighted by atomic mass is 10.2. The van der Waals surface area contributed by atoms with E-state index in [0.717, 1.165) is 12.2 Å². The highest BCUT2D eigenvalue weighted by Crippen LogP contribution is 2.15. The van der Waals surface area contributed by atoms with Crippen LogP contribution in [-0.4, -0.2) is 14.0 Å².